The summed E-state index contributed by atoms with van der Waals surface area (Å²) in [7, 11) is 0. The van der Waals surface area contributed by atoms with Gasteiger partial charge in [-0.2, -0.15) is 10.4 Å². The van der Waals surface area contributed by atoms with Crippen LogP contribution in [0.3, 0.4) is 0 Å². The topological polar surface area (TPSA) is 66.5 Å². The summed E-state index contributed by atoms with van der Waals surface area (Å²) in [5.41, 5.74) is 1.63. The molecule has 5 nitrogen and oxygen atoms in total. The van der Waals surface area contributed by atoms with E-state index in [1.807, 2.05) is 16.8 Å². The maximum absolute atomic E-state index is 8.74. The number of nitrogens with one attached hydrogen (secondary N) is 1. The van der Waals surface area contributed by atoms with Crippen LogP contribution in [0.2, 0.25) is 0 Å². The highest BCUT2D eigenvalue weighted by Crippen LogP contribution is 2.10. The van der Waals surface area contributed by atoms with E-state index in [4.69, 9.17) is 5.26 Å². The lowest BCUT2D eigenvalue weighted by molar-refractivity contribution is 0.468. The van der Waals surface area contributed by atoms with Crippen molar-refractivity contribution in [2.45, 2.75) is 26.9 Å². The van der Waals surface area contributed by atoms with E-state index in [9.17, 15) is 0 Å². The molecule has 1 aromatic carbocycles. The fourth-order valence-corrected chi connectivity index (χ4v) is 1.77. The van der Waals surface area contributed by atoms with E-state index < -0.39 is 0 Å². The van der Waals surface area contributed by atoms with Gasteiger partial charge in [0.25, 0.3) is 0 Å². The Kier molecular flexibility index (Phi) is 4.14. The molecule has 0 unspecified atom stereocenters. The summed E-state index contributed by atoms with van der Waals surface area (Å²) in [4.78, 5) is 4.26. The summed E-state index contributed by atoms with van der Waals surface area (Å²) in [6.45, 7) is 5.79. The lowest BCUT2D eigenvalue weighted by Gasteiger charge is -2.10. The zero-order valence-electron chi connectivity index (χ0n) is 11.2. The Morgan fingerprint density at radius 3 is 2.68 bits per heavy atom. The summed E-state index contributed by atoms with van der Waals surface area (Å²) < 4.78 is 1.92. The second-order valence-corrected chi connectivity index (χ2v) is 4.79. The van der Waals surface area contributed by atoms with E-state index in [-0.39, 0.29) is 0 Å². The summed E-state index contributed by atoms with van der Waals surface area (Å²) in [5, 5.41) is 16.2. The van der Waals surface area contributed by atoms with Crippen molar-refractivity contribution < 1.29 is 0 Å². The SMILES string of the molecule is CC(C)Cn1ncnc1CNc1ccc(C#N)cc1. The molecule has 5 heteroatoms. The van der Waals surface area contributed by atoms with Gasteiger partial charge in [0.1, 0.15) is 12.2 Å². The van der Waals surface area contributed by atoms with Crippen LogP contribution >= 0.6 is 0 Å². The highest BCUT2D eigenvalue weighted by Gasteiger charge is 2.05. The number of rotatable bonds is 5. The van der Waals surface area contributed by atoms with Crippen molar-refractivity contribution in [3.63, 3.8) is 0 Å². The van der Waals surface area contributed by atoms with Gasteiger partial charge in [0, 0.05) is 12.2 Å². The van der Waals surface area contributed by atoms with Crippen LogP contribution < -0.4 is 5.32 Å². The van der Waals surface area contributed by atoms with Crippen LogP contribution in [0.4, 0.5) is 5.69 Å². The van der Waals surface area contributed by atoms with Crippen molar-refractivity contribution >= 4 is 5.69 Å². The predicted molar refractivity (Wildman–Crippen MR) is 73.3 cm³/mol. The van der Waals surface area contributed by atoms with Crippen molar-refractivity contribution in [3.05, 3.63) is 42.0 Å². The van der Waals surface area contributed by atoms with Crippen LogP contribution in [-0.4, -0.2) is 14.8 Å². The third-order valence-corrected chi connectivity index (χ3v) is 2.70. The quantitative estimate of drug-likeness (QED) is 0.891. The Morgan fingerprint density at radius 2 is 2.05 bits per heavy atom. The maximum atomic E-state index is 8.74. The van der Waals surface area contributed by atoms with E-state index in [0.29, 0.717) is 18.0 Å². The smallest absolute Gasteiger partial charge is 0.146 e. The molecule has 0 atom stereocenters. The van der Waals surface area contributed by atoms with E-state index >= 15 is 0 Å². The summed E-state index contributed by atoms with van der Waals surface area (Å²) in [6.07, 6.45) is 1.58. The normalized spacial score (nSPS) is 10.4. The Morgan fingerprint density at radius 1 is 1.32 bits per heavy atom. The van der Waals surface area contributed by atoms with Crippen molar-refractivity contribution in [2.75, 3.05) is 5.32 Å². The Bertz CT molecular complexity index is 562. The molecule has 2 rings (SSSR count). The third kappa shape index (κ3) is 3.55. The van der Waals surface area contributed by atoms with Crippen molar-refractivity contribution in [1.29, 1.82) is 5.26 Å². The fourth-order valence-electron chi connectivity index (χ4n) is 1.77. The van der Waals surface area contributed by atoms with Gasteiger partial charge in [0.2, 0.25) is 0 Å². The van der Waals surface area contributed by atoms with Crippen LogP contribution in [0.5, 0.6) is 0 Å². The van der Waals surface area contributed by atoms with Gasteiger partial charge < -0.3 is 5.32 Å². The molecule has 0 saturated carbocycles. The van der Waals surface area contributed by atoms with E-state index in [0.717, 1.165) is 18.1 Å². The molecule has 0 aliphatic rings. The monoisotopic (exact) mass is 255 g/mol. The van der Waals surface area contributed by atoms with Gasteiger partial charge in [0.05, 0.1) is 18.2 Å². The molecule has 0 fully saturated rings. The molecule has 19 heavy (non-hydrogen) atoms. The predicted octanol–water partition coefficient (Wildman–Crippen LogP) is 2.42. The van der Waals surface area contributed by atoms with Gasteiger partial charge in [0.15, 0.2) is 0 Å². The number of aromatic nitrogens is 3. The van der Waals surface area contributed by atoms with Gasteiger partial charge in [-0.1, -0.05) is 13.8 Å². The van der Waals surface area contributed by atoms with Crippen molar-refractivity contribution in [1.82, 2.24) is 14.8 Å². The zero-order valence-corrected chi connectivity index (χ0v) is 11.2. The lowest BCUT2D eigenvalue weighted by Crippen LogP contribution is -2.13. The molecule has 0 amide bonds. The number of hydrogen-bond acceptors (Lipinski definition) is 4. The van der Waals surface area contributed by atoms with Crippen LogP contribution in [0.25, 0.3) is 0 Å². The molecular formula is C14H17N5. The molecule has 1 N–H and O–H groups in total. The Labute approximate surface area is 112 Å². The molecule has 0 saturated heterocycles. The maximum Gasteiger partial charge on any atom is 0.146 e. The molecule has 0 radical (unpaired) electrons. The third-order valence-electron chi connectivity index (χ3n) is 2.70. The van der Waals surface area contributed by atoms with Gasteiger partial charge >= 0.3 is 0 Å². The molecule has 1 aromatic heterocycles. The van der Waals surface area contributed by atoms with Gasteiger partial charge in [-0.05, 0) is 30.2 Å². The second-order valence-electron chi connectivity index (χ2n) is 4.79. The van der Waals surface area contributed by atoms with Crippen LogP contribution in [-0.2, 0) is 13.1 Å². The number of benzene rings is 1. The zero-order chi connectivity index (χ0) is 13.7. The first-order valence-corrected chi connectivity index (χ1v) is 6.29. The van der Waals surface area contributed by atoms with Crippen LogP contribution in [0.15, 0.2) is 30.6 Å². The number of anilines is 1. The minimum atomic E-state index is 0.537. The molecule has 0 aliphatic carbocycles. The minimum absolute atomic E-state index is 0.537. The molecule has 2 aromatic rings. The average Bonchev–Trinajstić information content (AvgIpc) is 2.83. The van der Waals surface area contributed by atoms with Crippen molar-refractivity contribution in [2.24, 2.45) is 5.92 Å². The average molecular weight is 255 g/mol. The molecule has 0 spiro atoms. The Hall–Kier alpha value is -2.35. The van der Waals surface area contributed by atoms with Crippen molar-refractivity contribution in [3.8, 4) is 6.07 Å². The molecular weight excluding hydrogens is 238 g/mol. The van der Waals surface area contributed by atoms with E-state index in [1.54, 1.807) is 18.5 Å². The summed E-state index contributed by atoms with van der Waals surface area (Å²) >= 11 is 0. The lowest BCUT2D eigenvalue weighted by atomic mass is 10.2. The van der Waals surface area contributed by atoms with E-state index in [1.165, 1.54) is 0 Å². The number of hydrogen-bond donors (Lipinski definition) is 1. The first kappa shape index (κ1) is 13.1. The van der Waals surface area contributed by atoms with Gasteiger partial charge in [-0.25, -0.2) is 9.67 Å². The second kappa shape index (κ2) is 6.01. The largest absolute Gasteiger partial charge is 0.378 e. The van der Waals surface area contributed by atoms with Crippen LogP contribution in [0.1, 0.15) is 25.2 Å². The first-order chi connectivity index (χ1) is 9.19. The fraction of sp³-hybridized carbons (Fsp3) is 0.357. The standard InChI is InChI=1S/C14H17N5/c1-11(2)9-19-14(17-10-18-19)8-16-13-5-3-12(7-15)4-6-13/h3-6,10-11,16H,8-9H2,1-2H3. The number of nitrogens with zero attached hydrogens (tertiary/aromatic N) is 4. The first-order valence-electron chi connectivity index (χ1n) is 6.29. The number of nitriles is 1. The molecule has 98 valence electrons. The van der Waals surface area contributed by atoms with Crippen LogP contribution in [0, 0.1) is 17.2 Å². The molecule has 0 aliphatic heterocycles. The highest BCUT2D eigenvalue weighted by molar-refractivity contribution is 5.47. The van der Waals surface area contributed by atoms with E-state index in [2.05, 4.69) is 35.3 Å². The molecule has 1 heterocycles. The summed E-state index contributed by atoms with van der Waals surface area (Å²) in [5.74, 6) is 1.45. The van der Waals surface area contributed by atoms with Gasteiger partial charge in [-0.3, -0.25) is 0 Å². The minimum Gasteiger partial charge on any atom is -0.378 e. The summed E-state index contributed by atoms with van der Waals surface area (Å²) in [6, 6.07) is 9.47. The molecule has 0 bridgehead atoms. The van der Waals surface area contributed by atoms with Gasteiger partial charge in [-0.15, -0.1) is 0 Å². The highest BCUT2D eigenvalue weighted by atomic mass is 15.3. The Balaban J connectivity index is 1.98.